The first-order valence-electron chi connectivity index (χ1n) is 9.35. The second-order valence-corrected chi connectivity index (χ2v) is 6.52. The Labute approximate surface area is 162 Å². The minimum atomic E-state index is -1.01. The van der Waals surface area contributed by atoms with Gasteiger partial charge in [-0.05, 0) is 18.4 Å². The largest absolute Gasteiger partial charge is 0.478 e. The van der Waals surface area contributed by atoms with Gasteiger partial charge in [0.2, 0.25) is 0 Å². The second kappa shape index (κ2) is 12.4. The molecule has 1 aromatic carbocycles. The van der Waals surface area contributed by atoms with E-state index in [0.717, 1.165) is 12.0 Å². The zero-order chi connectivity index (χ0) is 17.9. The van der Waals surface area contributed by atoms with Crippen molar-refractivity contribution in [3.63, 3.8) is 0 Å². The first kappa shape index (κ1) is 22.1. The Kier molecular flexibility index (Phi) is 10.6. The number of rotatable bonds is 11. The van der Waals surface area contributed by atoms with E-state index in [1.165, 1.54) is 69.3 Å². The molecule has 0 aliphatic heterocycles. The fourth-order valence-corrected chi connectivity index (χ4v) is 2.87. The number of halogens is 1. The summed E-state index contributed by atoms with van der Waals surface area (Å²) in [4.78, 5) is 19.1. The molecule has 4 nitrogen and oxygen atoms in total. The number of carbonyl (C=O) groups is 1. The van der Waals surface area contributed by atoms with Crippen molar-refractivity contribution in [3.8, 4) is 11.4 Å². The van der Waals surface area contributed by atoms with Crippen molar-refractivity contribution in [1.29, 1.82) is 0 Å². The van der Waals surface area contributed by atoms with Gasteiger partial charge < -0.3 is 5.11 Å². The number of unbranched alkanes of at least 4 members (excludes halogenated alkanes) is 7. The third kappa shape index (κ3) is 7.52. The van der Waals surface area contributed by atoms with E-state index in [0.29, 0.717) is 5.82 Å². The van der Waals surface area contributed by atoms with Gasteiger partial charge in [0.05, 0.1) is 5.56 Å². The van der Waals surface area contributed by atoms with Crippen molar-refractivity contribution < 1.29 is 9.90 Å². The number of aryl methyl sites for hydroxylation is 1. The smallest absolute Gasteiger partial charge is 0.338 e. The summed E-state index contributed by atoms with van der Waals surface area (Å²) < 4.78 is 0. The normalized spacial score (nSPS) is 10.3. The minimum absolute atomic E-state index is 0. The maximum Gasteiger partial charge on any atom is 0.338 e. The molecule has 0 fully saturated rings. The molecule has 0 saturated carbocycles. The molecule has 0 aliphatic carbocycles. The summed E-state index contributed by atoms with van der Waals surface area (Å²) >= 11 is 0. The predicted octanol–water partition coefficient (Wildman–Crippen LogP) is 5.95. The molecule has 26 heavy (non-hydrogen) atoms. The molecule has 0 atom stereocenters. The first-order chi connectivity index (χ1) is 12.2. The van der Waals surface area contributed by atoms with Crippen LogP contribution in [-0.4, -0.2) is 21.0 Å². The minimum Gasteiger partial charge on any atom is -0.478 e. The van der Waals surface area contributed by atoms with Crippen LogP contribution in [0.2, 0.25) is 0 Å². The third-order valence-corrected chi connectivity index (χ3v) is 4.43. The number of nitrogens with zero attached hydrogens (tertiary/aromatic N) is 2. The van der Waals surface area contributed by atoms with Crippen LogP contribution in [0.25, 0.3) is 11.4 Å². The molecular weight excluding hydrogens is 348 g/mol. The highest BCUT2D eigenvalue weighted by Gasteiger charge is 2.06. The molecular formula is C21H29ClN2O2. The highest BCUT2D eigenvalue weighted by atomic mass is 35.5. The van der Waals surface area contributed by atoms with E-state index >= 15 is 0 Å². The lowest BCUT2D eigenvalue weighted by Crippen LogP contribution is -1.99. The van der Waals surface area contributed by atoms with Crippen LogP contribution in [0.1, 0.15) is 74.2 Å². The molecule has 5 heteroatoms. The lowest BCUT2D eigenvalue weighted by molar-refractivity contribution is 0.0696. The van der Waals surface area contributed by atoms with Crippen molar-refractivity contribution in [1.82, 2.24) is 9.97 Å². The predicted molar refractivity (Wildman–Crippen MR) is 108 cm³/mol. The van der Waals surface area contributed by atoms with Gasteiger partial charge in [0.15, 0.2) is 5.82 Å². The van der Waals surface area contributed by atoms with E-state index in [-0.39, 0.29) is 18.0 Å². The zero-order valence-corrected chi connectivity index (χ0v) is 16.3. The molecule has 0 spiro atoms. The van der Waals surface area contributed by atoms with E-state index in [9.17, 15) is 4.79 Å². The third-order valence-electron chi connectivity index (χ3n) is 4.43. The number of carboxylic acid groups (broad SMARTS) is 1. The topological polar surface area (TPSA) is 63.1 Å². The van der Waals surface area contributed by atoms with E-state index in [4.69, 9.17) is 5.11 Å². The highest BCUT2D eigenvalue weighted by molar-refractivity contribution is 5.86. The standard InChI is InChI=1S/C21H28N2O2.ClH/c1-2-3-4-5-6-7-8-9-10-17-11-13-18(14-12-17)20-22-15-19(16-23-20)21(24)25;/h11-16H,2-10H2,1H3,(H,24,25);1H. The zero-order valence-electron chi connectivity index (χ0n) is 15.5. The Morgan fingerprint density at radius 1 is 0.885 bits per heavy atom. The molecule has 2 rings (SSSR count). The van der Waals surface area contributed by atoms with Crippen LogP contribution in [0, 0.1) is 0 Å². The van der Waals surface area contributed by atoms with Gasteiger partial charge in [-0.15, -0.1) is 12.4 Å². The fourth-order valence-electron chi connectivity index (χ4n) is 2.87. The van der Waals surface area contributed by atoms with Crippen LogP contribution in [0.4, 0.5) is 0 Å². The Morgan fingerprint density at radius 3 is 1.96 bits per heavy atom. The van der Waals surface area contributed by atoms with Crippen molar-refractivity contribution in [2.24, 2.45) is 0 Å². The fraction of sp³-hybridized carbons (Fsp3) is 0.476. The Hall–Kier alpha value is -1.94. The van der Waals surface area contributed by atoms with E-state index in [1.54, 1.807) is 0 Å². The van der Waals surface area contributed by atoms with Crippen LogP contribution in [0.3, 0.4) is 0 Å². The average molecular weight is 377 g/mol. The monoisotopic (exact) mass is 376 g/mol. The van der Waals surface area contributed by atoms with Crippen molar-refractivity contribution in [2.45, 2.75) is 64.7 Å². The maximum atomic E-state index is 10.8. The lowest BCUT2D eigenvalue weighted by atomic mass is 10.0. The van der Waals surface area contributed by atoms with Crippen LogP contribution in [0.5, 0.6) is 0 Å². The number of carboxylic acids is 1. The van der Waals surface area contributed by atoms with Gasteiger partial charge in [0.1, 0.15) is 0 Å². The van der Waals surface area contributed by atoms with Gasteiger partial charge in [0, 0.05) is 18.0 Å². The number of benzene rings is 1. The summed E-state index contributed by atoms with van der Waals surface area (Å²) in [5.74, 6) is -0.448. The number of hydrogen-bond acceptors (Lipinski definition) is 3. The summed E-state index contributed by atoms with van der Waals surface area (Å²) in [6.45, 7) is 2.25. The molecule has 0 saturated heterocycles. The molecule has 0 aliphatic rings. The van der Waals surface area contributed by atoms with Crippen LogP contribution in [-0.2, 0) is 6.42 Å². The Morgan fingerprint density at radius 2 is 1.42 bits per heavy atom. The Balaban J connectivity index is 0.00000338. The first-order valence-corrected chi connectivity index (χ1v) is 9.35. The summed E-state index contributed by atoms with van der Waals surface area (Å²) in [5.41, 5.74) is 2.35. The van der Waals surface area contributed by atoms with Gasteiger partial charge in [-0.25, -0.2) is 14.8 Å². The lowest BCUT2D eigenvalue weighted by Gasteiger charge is -2.05. The van der Waals surface area contributed by atoms with Gasteiger partial charge in [0.25, 0.3) is 0 Å². The van der Waals surface area contributed by atoms with E-state index in [1.807, 2.05) is 12.1 Å². The summed E-state index contributed by atoms with van der Waals surface area (Å²) in [7, 11) is 0. The van der Waals surface area contributed by atoms with Crippen LogP contribution < -0.4 is 0 Å². The summed E-state index contributed by atoms with van der Waals surface area (Å²) in [5, 5.41) is 8.88. The number of aromatic nitrogens is 2. The second-order valence-electron chi connectivity index (χ2n) is 6.52. The number of aromatic carboxylic acids is 1. The molecule has 0 amide bonds. The van der Waals surface area contributed by atoms with Crippen molar-refractivity contribution in [3.05, 3.63) is 47.8 Å². The van der Waals surface area contributed by atoms with E-state index in [2.05, 4.69) is 29.0 Å². The molecule has 2 aromatic rings. The highest BCUT2D eigenvalue weighted by Crippen LogP contribution is 2.17. The van der Waals surface area contributed by atoms with Crippen LogP contribution >= 0.6 is 12.4 Å². The molecule has 0 unspecified atom stereocenters. The average Bonchev–Trinajstić information content (AvgIpc) is 2.64. The molecule has 142 valence electrons. The molecule has 1 aromatic heterocycles. The number of hydrogen-bond donors (Lipinski definition) is 1. The quantitative estimate of drug-likeness (QED) is 0.492. The van der Waals surface area contributed by atoms with E-state index < -0.39 is 5.97 Å². The van der Waals surface area contributed by atoms with Gasteiger partial charge in [-0.1, -0.05) is 76.1 Å². The summed E-state index contributed by atoms with van der Waals surface area (Å²) in [6.07, 6.45) is 14.5. The summed E-state index contributed by atoms with van der Waals surface area (Å²) in [6, 6.07) is 8.25. The maximum absolute atomic E-state index is 10.8. The molecule has 0 bridgehead atoms. The van der Waals surface area contributed by atoms with Gasteiger partial charge in [-0.2, -0.15) is 0 Å². The SMILES string of the molecule is CCCCCCCCCCc1ccc(-c2ncc(C(=O)O)cn2)cc1.Cl. The Bertz CT molecular complexity index is 642. The molecule has 1 heterocycles. The van der Waals surface area contributed by atoms with Crippen LogP contribution in [0.15, 0.2) is 36.7 Å². The molecule has 0 radical (unpaired) electrons. The van der Waals surface area contributed by atoms with Gasteiger partial charge >= 0.3 is 5.97 Å². The van der Waals surface area contributed by atoms with Crippen molar-refractivity contribution in [2.75, 3.05) is 0 Å². The van der Waals surface area contributed by atoms with Gasteiger partial charge in [-0.3, -0.25) is 0 Å². The van der Waals surface area contributed by atoms with Crippen molar-refractivity contribution >= 4 is 18.4 Å². The molecule has 1 N–H and O–H groups in total.